The zero-order valence-electron chi connectivity index (χ0n) is 29.5. The van der Waals surface area contributed by atoms with E-state index in [4.69, 9.17) is 0 Å². The summed E-state index contributed by atoms with van der Waals surface area (Å²) in [6.45, 7) is 0. The van der Waals surface area contributed by atoms with E-state index in [1.165, 1.54) is 119 Å². The van der Waals surface area contributed by atoms with Crippen LogP contribution in [0, 0.1) is 0 Å². The maximum Gasteiger partial charge on any atom is -0.00928 e. The van der Waals surface area contributed by atoms with Crippen LogP contribution in [-0.4, -0.2) is 0 Å². The highest BCUT2D eigenvalue weighted by Crippen LogP contribution is 2.41. The molecular formula is C54H32. The van der Waals surface area contributed by atoms with Crippen molar-refractivity contribution in [1.82, 2.24) is 0 Å². The third-order valence-electron chi connectivity index (χ3n) is 12.0. The first-order chi connectivity index (χ1) is 26.8. The Morgan fingerprint density at radius 3 is 0.685 bits per heavy atom. The topological polar surface area (TPSA) is 0 Å². The summed E-state index contributed by atoms with van der Waals surface area (Å²) in [6, 6.07) is 72.4. The number of fused-ring (bicyclic) bond motifs is 17. The van der Waals surface area contributed by atoms with E-state index in [0.717, 1.165) is 0 Å². The third kappa shape index (κ3) is 4.26. The molecule has 0 heteroatoms. The Kier molecular flexibility index (Phi) is 6.15. The van der Waals surface area contributed by atoms with Gasteiger partial charge >= 0.3 is 0 Å². The second kappa shape index (κ2) is 11.2. The van der Waals surface area contributed by atoms with Gasteiger partial charge in [0.1, 0.15) is 0 Å². The van der Waals surface area contributed by atoms with Crippen molar-refractivity contribution in [3.05, 3.63) is 194 Å². The van der Waals surface area contributed by atoms with Gasteiger partial charge in [0.05, 0.1) is 0 Å². The minimum atomic E-state index is 1.24. The molecule has 0 spiro atoms. The van der Waals surface area contributed by atoms with Crippen LogP contribution in [-0.2, 0) is 0 Å². The van der Waals surface area contributed by atoms with Gasteiger partial charge < -0.3 is 0 Å². The molecular weight excluding hydrogens is 649 g/mol. The predicted octanol–water partition coefficient (Wildman–Crippen LogP) is 15.4. The van der Waals surface area contributed by atoms with Crippen LogP contribution in [0.2, 0.25) is 0 Å². The quantitative estimate of drug-likeness (QED) is 0.159. The number of rotatable bonds is 2. The van der Waals surface area contributed by atoms with E-state index >= 15 is 0 Å². The van der Waals surface area contributed by atoms with E-state index in [0.29, 0.717) is 0 Å². The zero-order chi connectivity index (χ0) is 35.3. The third-order valence-corrected chi connectivity index (χ3v) is 12.0. The van der Waals surface area contributed by atoms with Crippen LogP contribution >= 0.6 is 0 Å². The van der Waals surface area contributed by atoms with Gasteiger partial charge in [-0.15, -0.1) is 0 Å². The average molecular weight is 681 g/mol. The van der Waals surface area contributed by atoms with Gasteiger partial charge in [-0.2, -0.15) is 0 Å². The van der Waals surface area contributed by atoms with E-state index in [1.807, 2.05) is 0 Å². The Morgan fingerprint density at radius 1 is 0.148 bits per heavy atom. The standard InChI is InChI=1S/C54H32/c1-3-13-43-39(9-1)41-11-5-7-15-45(41)53-31-37(23-27-49(43)53)35-19-17-33-21-26-48-47(51(33)29-35)25-22-34-18-20-36(30-52(34)48)38-24-28-50-44-14-4-2-10-40(44)42-12-6-8-16-46(42)54(50)32-38/h1-32H. The highest BCUT2D eigenvalue weighted by Gasteiger charge is 2.13. The fraction of sp³-hybridized carbons (Fsp3) is 0. The van der Waals surface area contributed by atoms with E-state index in [-0.39, 0.29) is 0 Å². The highest BCUT2D eigenvalue weighted by atomic mass is 14.2. The number of hydrogen-bond acceptors (Lipinski definition) is 0. The largest absolute Gasteiger partial charge is 0.0616 e. The summed E-state index contributed by atoms with van der Waals surface area (Å²) >= 11 is 0. The zero-order valence-corrected chi connectivity index (χ0v) is 29.5. The van der Waals surface area contributed by atoms with Crippen LogP contribution in [0.3, 0.4) is 0 Å². The van der Waals surface area contributed by atoms with Gasteiger partial charge in [0.25, 0.3) is 0 Å². The van der Waals surface area contributed by atoms with Crippen molar-refractivity contribution in [2.75, 3.05) is 0 Å². The van der Waals surface area contributed by atoms with Gasteiger partial charge in [0, 0.05) is 0 Å². The molecule has 0 aromatic heterocycles. The maximum atomic E-state index is 2.40. The number of benzene rings is 12. The normalized spacial score (nSPS) is 12.1. The summed E-state index contributed by atoms with van der Waals surface area (Å²) in [5.74, 6) is 0. The Morgan fingerprint density at radius 2 is 0.352 bits per heavy atom. The Hall–Kier alpha value is -7.02. The molecule has 0 unspecified atom stereocenters. The lowest BCUT2D eigenvalue weighted by Crippen LogP contribution is -1.87. The van der Waals surface area contributed by atoms with Gasteiger partial charge in [-0.1, -0.05) is 170 Å². The van der Waals surface area contributed by atoms with Crippen molar-refractivity contribution >= 4 is 97.0 Å². The first-order valence-corrected chi connectivity index (χ1v) is 18.8. The lowest BCUT2D eigenvalue weighted by Gasteiger charge is -2.14. The van der Waals surface area contributed by atoms with Crippen molar-refractivity contribution in [2.24, 2.45) is 0 Å². The molecule has 0 atom stereocenters. The molecule has 0 amide bonds. The van der Waals surface area contributed by atoms with Crippen LogP contribution < -0.4 is 0 Å². The van der Waals surface area contributed by atoms with Crippen molar-refractivity contribution in [1.29, 1.82) is 0 Å². The first-order valence-electron chi connectivity index (χ1n) is 18.8. The van der Waals surface area contributed by atoms with E-state index < -0.39 is 0 Å². The van der Waals surface area contributed by atoms with Crippen molar-refractivity contribution in [3.8, 4) is 22.3 Å². The maximum absolute atomic E-state index is 2.40. The smallest absolute Gasteiger partial charge is 0.00928 e. The van der Waals surface area contributed by atoms with Gasteiger partial charge in [-0.05, 0) is 143 Å². The lowest BCUT2D eigenvalue weighted by atomic mass is 9.90. The van der Waals surface area contributed by atoms with Crippen LogP contribution in [0.4, 0.5) is 0 Å². The van der Waals surface area contributed by atoms with Crippen LogP contribution in [0.15, 0.2) is 194 Å². The minimum Gasteiger partial charge on any atom is -0.0616 e. The molecule has 0 aliphatic carbocycles. The summed E-state index contributed by atoms with van der Waals surface area (Å²) in [7, 11) is 0. The molecule has 0 aliphatic rings. The molecule has 54 heavy (non-hydrogen) atoms. The molecule has 12 aromatic carbocycles. The monoisotopic (exact) mass is 680 g/mol. The molecule has 0 saturated heterocycles. The van der Waals surface area contributed by atoms with E-state index in [1.54, 1.807) is 0 Å². The van der Waals surface area contributed by atoms with E-state index in [9.17, 15) is 0 Å². The van der Waals surface area contributed by atoms with Gasteiger partial charge in [-0.25, -0.2) is 0 Å². The van der Waals surface area contributed by atoms with Crippen LogP contribution in [0.1, 0.15) is 0 Å². The van der Waals surface area contributed by atoms with E-state index in [2.05, 4.69) is 194 Å². The molecule has 0 N–H and O–H groups in total. The first kappa shape index (κ1) is 29.5. The molecule has 0 bridgehead atoms. The fourth-order valence-corrected chi connectivity index (χ4v) is 9.40. The molecule has 0 aliphatic heterocycles. The number of hydrogen-bond donors (Lipinski definition) is 0. The highest BCUT2D eigenvalue weighted by molar-refractivity contribution is 6.27. The van der Waals surface area contributed by atoms with Crippen molar-refractivity contribution in [3.63, 3.8) is 0 Å². The molecule has 0 nitrogen and oxygen atoms in total. The average Bonchev–Trinajstić information content (AvgIpc) is 3.25. The molecule has 248 valence electrons. The van der Waals surface area contributed by atoms with Gasteiger partial charge in [0.15, 0.2) is 0 Å². The molecule has 0 radical (unpaired) electrons. The summed E-state index contributed by atoms with van der Waals surface area (Å²) < 4.78 is 0. The molecule has 12 aromatic rings. The van der Waals surface area contributed by atoms with Crippen molar-refractivity contribution in [2.45, 2.75) is 0 Å². The SMILES string of the molecule is c1ccc2c(c1)c1ccccc1c1cc(-c3ccc4ccc5c6cc(-c7ccc8c9ccccc9c9ccccc9c8c7)ccc6ccc5c4c3)ccc21. The molecule has 0 saturated carbocycles. The van der Waals surface area contributed by atoms with Crippen LogP contribution in [0.25, 0.3) is 119 Å². The van der Waals surface area contributed by atoms with Gasteiger partial charge in [-0.3, -0.25) is 0 Å². The molecule has 12 rings (SSSR count). The summed E-state index contributed by atoms with van der Waals surface area (Å²) in [5, 5.41) is 23.3. The fourth-order valence-electron chi connectivity index (χ4n) is 9.40. The van der Waals surface area contributed by atoms with Gasteiger partial charge in [0.2, 0.25) is 0 Å². The second-order valence-corrected chi connectivity index (χ2v) is 14.8. The Balaban J connectivity index is 1.03. The summed E-state index contributed by atoms with van der Waals surface area (Å²) in [4.78, 5) is 0. The molecule has 0 fully saturated rings. The molecule has 0 heterocycles. The second-order valence-electron chi connectivity index (χ2n) is 14.8. The predicted molar refractivity (Wildman–Crippen MR) is 235 cm³/mol. The lowest BCUT2D eigenvalue weighted by molar-refractivity contribution is 1.69. The van der Waals surface area contributed by atoms with Crippen molar-refractivity contribution < 1.29 is 0 Å². The Bertz CT molecular complexity index is 3240. The summed E-state index contributed by atoms with van der Waals surface area (Å²) in [6.07, 6.45) is 0. The Labute approximate surface area is 312 Å². The summed E-state index contributed by atoms with van der Waals surface area (Å²) in [5.41, 5.74) is 4.95. The van der Waals surface area contributed by atoms with Crippen LogP contribution in [0.5, 0.6) is 0 Å². The minimum absolute atomic E-state index is 1.24.